The Bertz CT molecular complexity index is 1850. The van der Waals surface area contributed by atoms with Crippen LogP contribution < -0.4 is 0 Å². The van der Waals surface area contributed by atoms with Crippen molar-refractivity contribution in [3.8, 4) is 0 Å². The lowest BCUT2D eigenvalue weighted by Crippen LogP contribution is -2.63. The van der Waals surface area contributed by atoms with Crippen molar-refractivity contribution in [1.82, 2.24) is 4.90 Å². The number of aliphatic hydroxyl groups excluding tert-OH is 1. The fourth-order valence-electron chi connectivity index (χ4n) is 13.4. The van der Waals surface area contributed by atoms with Crippen molar-refractivity contribution in [2.75, 3.05) is 6.54 Å². The summed E-state index contributed by atoms with van der Waals surface area (Å²) in [5, 5.41) is 13.3. The number of amides is 1. The minimum atomic E-state index is -0.987. The van der Waals surface area contributed by atoms with Gasteiger partial charge in [0.05, 0.1) is 24.5 Å². The third-order valence-corrected chi connectivity index (χ3v) is 17.2. The summed E-state index contributed by atoms with van der Waals surface area (Å²) < 4.78 is 18.0. The third kappa shape index (κ3) is 10.5. The first-order valence-electron chi connectivity index (χ1n) is 24.4. The van der Waals surface area contributed by atoms with E-state index in [-0.39, 0.29) is 52.7 Å². The molecule has 0 aromatic heterocycles. The molecule has 3 saturated carbocycles. The molecule has 9 heteroatoms. The lowest BCUT2D eigenvalue weighted by Gasteiger charge is -2.68. The molecule has 0 saturated heterocycles. The highest BCUT2D eigenvalue weighted by molar-refractivity contribution is 6.30. The van der Waals surface area contributed by atoms with Crippen molar-refractivity contribution in [3.05, 3.63) is 46.0 Å². The molecule has 1 N–H and O–H groups in total. The smallest absolute Gasteiger partial charge is 0.410 e. The quantitative estimate of drug-likeness (QED) is 0.119. The van der Waals surface area contributed by atoms with Gasteiger partial charge in [0.2, 0.25) is 0 Å². The Hall–Kier alpha value is -2.58. The molecule has 1 aromatic carbocycles. The predicted octanol–water partition coefficient (Wildman–Crippen LogP) is 13.7. The Kier molecular flexibility index (Phi) is 14.9. The van der Waals surface area contributed by atoms with Crippen molar-refractivity contribution < 1.29 is 33.7 Å². The van der Waals surface area contributed by atoms with Crippen molar-refractivity contribution >= 4 is 29.6 Å². The number of nitrogens with zero attached hydrogens (tertiary/aromatic N) is 1. The van der Waals surface area contributed by atoms with Crippen LogP contribution in [0.3, 0.4) is 0 Å². The van der Waals surface area contributed by atoms with E-state index < -0.39 is 34.2 Å². The van der Waals surface area contributed by atoms with E-state index in [2.05, 4.69) is 55.4 Å². The van der Waals surface area contributed by atoms with E-state index in [1.807, 2.05) is 65.8 Å². The number of esters is 2. The first-order chi connectivity index (χ1) is 28.8. The highest BCUT2D eigenvalue weighted by atomic mass is 35.5. The second-order valence-corrected chi connectivity index (χ2v) is 25.2. The van der Waals surface area contributed by atoms with Crippen LogP contribution in [0, 0.1) is 50.2 Å². The number of halogens is 1. The van der Waals surface area contributed by atoms with Gasteiger partial charge in [0, 0.05) is 22.4 Å². The van der Waals surface area contributed by atoms with Crippen molar-refractivity contribution in [2.45, 2.75) is 218 Å². The summed E-state index contributed by atoms with van der Waals surface area (Å²) in [7, 11) is 0. The van der Waals surface area contributed by atoms with Crippen LogP contribution in [0.25, 0.3) is 0 Å². The van der Waals surface area contributed by atoms with E-state index in [4.69, 9.17) is 25.8 Å². The van der Waals surface area contributed by atoms with E-state index in [1.165, 1.54) is 11.1 Å². The van der Waals surface area contributed by atoms with E-state index in [0.29, 0.717) is 29.3 Å². The van der Waals surface area contributed by atoms with Crippen LogP contribution in [0.5, 0.6) is 0 Å². The zero-order chi connectivity index (χ0) is 47.4. The second kappa shape index (κ2) is 18.2. The lowest BCUT2D eigenvalue weighted by molar-refractivity contribution is -0.214. The van der Waals surface area contributed by atoms with Crippen LogP contribution in [0.4, 0.5) is 4.79 Å². The Morgan fingerprint density at radius 3 is 2.05 bits per heavy atom. The Morgan fingerprint density at radius 2 is 1.48 bits per heavy atom. The molecule has 356 valence electrons. The normalized spacial score (nSPS) is 31.5. The Morgan fingerprint density at radius 1 is 0.857 bits per heavy atom. The van der Waals surface area contributed by atoms with Crippen LogP contribution >= 0.6 is 11.6 Å². The lowest BCUT2D eigenvalue weighted by atomic mass is 9.37. The van der Waals surface area contributed by atoms with Gasteiger partial charge in [-0.1, -0.05) is 96.7 Å². The summed E-state index contributed by atoms with van der Waals surface area (Å²) in [6.45, 7) is 34.6. The SMILES string of the molecule is CCC[C@@H]1[C@@]2(C)CC[C@H](OC(=O)CC(C)(C)C(=O)OC(C)(C)C)C(C)(C)[C@@H]2CC[C@@]1(C)[C@]1(C)CC[C@@]2([C@H](O)CN(Cc3ccc(Cl)cc3)C(=O)OC(C)(C)C)CCC(C(C)C)=C2C1. The number of fused-ring (bicyclic) bond motifs is 2. The molecule has 0 radical (unpaired) electrons. The molecule has 8 atom stereocenters. The van der Waals surface area contributed by atoms with Gasteiger partial charge in [0.25, 0.3) is 0 Å². The minimum Gasteiger partial charge on any atom is -0.462 e. The molecule has 0 bridgehead atoms. The van der Waals surface area contributed by atoms with Crippen molar-refractivity contribution in [2.24, 2.45) is 50.2 Å². The molecule has 1 aromatic rings. The number of carbonyl (C=O) groups excluding carboxylic acids is 3. The molecule has 0 spiro atoms. The van der Waals surface area contributed by atoms with E-state index in [0.717, 1.165) is 76.2 Å². The number of carbonyl (C=O) groups is 3. The fraction of sp³-hybridized carbons (Fsp3) is 0.796. The number of ether oxygens (including phenoxy) is 3. The Labute approximate surface area is 387 Å². The first kappa shape index (κ1) is 51.4. The third-order valence-electron chi connectivity index (χ3n) is 16.9. The second-order valence-electron chi connectivity index (χ2n) is 24.8. The Balaban J connectivity index is 1.41. The minimum absolute atomic E-state index is 0.00128. The molecule has 4 aliphatic rings. The monoisotopic (exact) mass is 896 g/mol. The number of benzene rings is 1. The van der Waals surface area contributed by atoms with Gasteiger partial charge in [-0.05, 0) is 171 Å². The highest BCUT2D eigenvalue weighted by Gasteiger charge is 2.66. The zero-order valence-corrected chi connectivity index (χ0v) is 43.1. The summed E-state index contributed by atoms with van der Waals surface area (Å²) in [4.78, 5) is 42.3. The van der Waals surface area contributed by atoms with Crippen LogP contribution in [-0.4, -0.2) is 58.0 Å². The highest BCUT2D eigenvalue weighted by Crippen LogP contribution is 2.73. The number of allylic oxidation sites excluding steroid dienone is 1. The number of hydrogen-bond donors (Lipinski definition) is 1. The molecule has 63 heavy (non-hydrogen) atoms. The first-order valence-corrected chi connectivity index (χ1v) is 24.8. The predicted molar refractivity (Wildman–Crippen MR) is 254 cm³/mol. The standard InChI is InChI=1S/C54H86ClNO7/c1-17-18-41-52(15)26-25-43(61-44(58)32-49(10,11)45(59)62-47(4,5)6)50(12,13)40(52)24-27-53(41,16)51(14)29-30-54(28-23-38(35(2)3)39(54)31-51)42(57)34-56(46(60)63-48(7,8)9)33-36-19-21-37(55)22-20-36/h19-22,35,40-43,57H,17-18,23-34H2,1-16H3/t40-,41+,42+,43-,51+,52-,53+,54-/m0/s1. The summed E-state index contributed by atoms with van der Waals surface area (Å²) >= 11 is 6.23. The summed E-state index contributed by atoms with van der Waals surface area (Å²) in [5.74, 6) is 0.483. The van der Waals surface area contributed by atoms with Gasteiger partial charge < -0.3 is 24.2 Å². The molecular formula is C54H86ClNO7. The van der Waals surface area contributed by atoms with Gasteiger partial charge in [-0.2, -0.15) is 0 Å². The van der Waals surface area contributed by atoms with Gasteiger partial charge in [0.15, 0.2) is 0 Å². The fourth-order valence-corrected chi connectivity index (χ4v) is 13.5. The molecule has 8 nitrogen and oxygen atoms in total. The molecule has 0 aliphatic heterocycles. The van der Waals surface area contributed by atoms with Gasteiger partial charge in [0.1, 0.15) is 17.3 Å². The molecule has 4 aliphatic carbocycles. The van der Waals surface area contributed by atoms with Crippen LogP contribution in [0.2, 0.25) is 5.02 Å². The van der Waals surface area contributed by atoms with Crippen LogP contribution in [-0.2, 0) is 30.3 Å². The van der Waals surface area contributed by atoms with Gasteiger partial charge in [-0.25, -0.2) is 4.79 Å². The van der Waals surface area contributed by atoms with Crippen molar-refractivity contribution in [3.63, 3.8) is 0 Å². The maximum Gasteiger partial charge on any atom is 0.410 e. The van der Waals surface area contributed by atoms with Crippen molar-refractivity contribution in [1.29, 1.82) is 0 Å². The number of hydrogen-bond acceptors (Lipinski definition) is 7. The van der Waals surface area contributed by atoms with Gasteiger partial charge in [-0.3, -0.25) is 9.59 Å². The maximum absolute atomic E-state index is 13.9. The molecular weight excluding hydrogens is 810 g/mol. The summed E-state index contributed by atoms with van der Waals surface area (Å²) in [6.07, 6.45) is 9.51. The van der Waals surface area contributed by atoms with E-state index in [1.54, 1.807) is 18.7 Å². The van der Waals surface area contributed by atoms with Crippen LogP contribution in [0.15, 0.2) is 35.4 Å². The largest absolute Gasteiger partial charge is 0.462 e. The zero-order valence-electron chi connectivity index (χ0n) is 42.3. The molecule has 1 amide bonds. The maximum atomic E-state index is 13.9. The van der Waals surface area contributed by atoms with Gasteiger partial charge >= 0.3 is 18.0 Å². The number of aliphatic hydroxyl groups is 1. The average Bonchev–Trinajstić information content (AvgIpc) is 3.53. The van der Waals surface area contributed by atoms with Crippen LogP contribution in [0.1, 0.15) is 193 Å². The average molecular weight is 897 g/mol. The molecule has 5 rings (SSSR count). The van der Waals surface area contributed by atoms with E-state index >= 15 is 0 Å². The topological polar surface area (TPSA) is 102 Å². The van der Waals surface area contributed by atoms with E-state index in [9.17, 15) is 19.5 Å². The number of rotatable bonds is 13. The molecule has 0 unspecified atom stereocenters. The summed E-state index contributed by atoms with van der Waals surface area (Å²) in [5.41, 5.74) is 1.02. The molecule has 0 heterocycles. The summed E-state index contributed by atoms with van der Waals surface area (Å²) in [6, 6.07) is 7.56. The molecule has 3 fully saturated rings. The van der Waals surface area contributed by atoms with Gasteiger partial charge in [-0.15, -0.1) is 0 Å².